The van der Waals surface area contributed by atoms with Crippen LogP contribution in [0.1, 0.15) is 21.5 Å². The van der Waals surface area contributed by atoms with E-state index in [1.54, 1.807) is 18.2 Å². The summed E-state index contributed by atoms with van der Waals surface area (Å²) in [5.74, 6) is 0.156. The predicted molar refractivity (Wildman–Crippen MR) is 121 cm³/mol. The summed E-state index contributed by atoms with van der Waals surface area (Å²) in [5.41, 5.74) is 3.68. The number of amides is 1. The molecule has 2 aliphatic heterocycles. The summed E-state index contributed by atoms with van der Waals surface area (Å²) in [6, 6.07) is 8.91. The van der Waals surface area contributed by atoms with E-state index in [1.807, 2.05) is 12.1 Å². The molecule has 10 heteroatoms. The molecule has 0 bridgehead atoms. The average molecular weight is 477 g/mol. The van der Waals surface area contributed by atoms with Crippen LogP contribution >= 0.6 is 34.8 Å². The third-order valence-corrected chi connectivity index (χ3v) is 6.13. The summed E-state index contributed by atoms with van der Waals surface area (Å²) in [4.78, 5) is 23.0. The number of nitrogens with zero attached hydrogens (tertiary/aromatic N) is 3. The Balaban J connectivity index is 1.41. The van der Waals surface area contributed by atoms with Crippen molar-refractivity contribution in [1.82, 2.24) is 15.3 Å². The highest BCUT2D eigenvalue weighted by atomic mass is 35.5. The molecule has 0 aliphatic carbocycles. The first-order valence-corrected chi connectivity index (χ1v) is 10.7. The van der Waals surface area contributed by atoms with Gasteiger partial charge in [0, 0.05) is 23.5 Å². The fourth-order valence-corrected chi connectivity index (χ4v) is 4.59. The molecular formula is C21H16Cl3N5O2. The monoisotopic (exact) mass is 475 g/mol. The molecule has 0 saturated carbocycles. The number of rotatable bonds is 3. The van der Waals surface area contributed by atoms with Gasteiger partial charge < -0.3 is 15.4 Å². The number of carbonyl (C=O) groups excluding carboxylic acids is 1. The van der Waals surface area contributed by atoms with Crippen molar-refractivity contribution in [2.75, 3.05) is 23.5 Å². The van der Waals surface area contributed by atoms with Crippen LogP contribution < -0.4 is 20.3 Å². The van der Waals surface area contributed by atoms with Gasteiger partial charge in [0.25, 0.3) is 5.91 Å². The first-order chi connectivity index (χ1) is 15.0. The van der Waals surface area contributed by atoms with Gasteiger partial charge in [0.1, 0.15) is 5.56 Å². The lowest BCUT2D eigenvalue weighted by Gasteiger charge is -2.29. The summed E-state index contributed by atoms with van der Waals surface area (Å²) in [6.45, 7) is 1.60. The number of anilines is 3. The van der Waals surface area contributed by atoms with E-state index in [2.05, 4.69) is 20.6 Å². The molecule has 2 aliphatic rings. The van der Waals surface area contributed by atoms with Gasteiger partial charge in [-0.15, -0.1) is 0 Å². The lowest BCUT2D eigenvalue weighted by atomic mass is 10.0. The van der Waals surface area contributed by atoms with Crippen LogP contribution in [0.25, 0.3) is 0 Å². The number of nitrogens with one attached hydrogen (secondary N) is 2. The Kier molecular flexibility index (Phi) is 5.35. The lowest BCUT2D eigenvalue weighted by Crippen LogP contribution is -2.39. The maximum Gasteiger partial charge on any atom is 0.268 e. The third kappa shape index (κ3) is 3.78. The fourth-order valence-electron chi connectivity index (χ4n) is 3.68. The Labute approximate surface area is 193 Å². The maximum atomic E-state index is 13.0. The van der Waals surface area contributed by atoms with Gasteiger partial charge in [-0.3, -0.25) is 9.69 Å². The zero-order chi connectivity index (χ0) is 21.5. The molecule has 0 radical (unpaired) electrons. The number of para-hydroxylation sites is 1. The Morgan fingerprint density at radius 1 is 1.13 bits per heavy atom. The second-order valence-corrected chi connectivity index (χ2v) is 8.36. The van der Waals surface area contributed by atoms with Gasteiger partial charge in [0.2, 0.25) is 11.8 Å². The van der Waals surface area contributed by atoms with E-state index in [1.165, 1.54) is 16.7 Å². The molecule has 2 N–H and O–H groups in total. The van der Waals surface area contributed by atoms with Gasteiger partial charge in [-0.25, -0.2) is 4.98 Å². The Bertz CT molecular complexity index is 1180. The second-order valence-electron chi connectivity index (χ2n) is 7.14. The SMILES string of the molecule is O=C1c2cnc(Nc3cc(Cl)c4c(c3)CCNC4)nc2OCN1c1c(Cl)cccc1Cl. The number of halogens is 3. The normalized spacial score (nSPS) is 15.2. The minimum Gasteiger partial charge on any atom is -0.455 e. The molecule has 158 valence electrons. The number of hydrogen-bond donors (Lipinski definition) is 2. The van der Waals surface area contributed by atoms with Gasteiger partial charge in [0.15, 0.2) is 6.73 Å². The number of fused-ring (bicyclic) bond motifs is 2. The molecule has 3 heterocycles. The number of aromatic nitrogens is 2. The van der Waals surface area contributed by atoms with Crippen molar-refractivity contribution in [3.63, 3.8) is 0 Å². The molecule has 31 heavy (non-hydrogen) atoms. The number of hydrogen-bond acceptors (Lipinski definition) is 6. The third-order valence-electron chi connectivity index (χ3n) is 5.18. The highest BCUT2D eigenvalue weighted by Gasteiger charge is 2.31. The topological polar surface area (TPSA) is 79.4 Å². The molecule has 3 aromatic rings. The van der Waals surface area contributed by atoms with Crippen LogP contribution in [0.2, 0.25) is 15.1 Å². The van der Waals surface area contributed by atoms with Crippen LogP contribution in [0.3, 0.4) is 0 Å². The second kappa shape index (κ2) is 8.16. The van der Waals surface area contributed by atoms with Crippen molar-refractivity contribution in [3.8, 4) is 5.88 Å². The smallest absolute Gasteiger partial charge is 0.268 e. The van der Waals surface area contributed by atoms with Crippen molar-refractivity contribution in [3.05, 3.63) is 68.3 Å². The molecule has 7 nitrogen and oxygen atoms in total. The molecule has 0 atom stereocenters. The molecule has 5 rings (SSSR count). The minimum atomic E-state index is -0.341. The number of ether oxygens (including phenoxy) is 1. The number of carbonyl (C=O) groups is 1. The van der Waals surface area contributed by atoms with Crippen molar-refractivity contribution < 1.29 is 9.53 Å². The van der Waals surface area contributed by atoms with Gasteiger partial charge in [-0.2, -0.15) is 4.98 Å². The van der Waals surface area contributed by atoms with E-state index < -0.39 is 0 Å². The van der Waals surface area contributed by atoms with E-state index in [0.29, 0.717) is 26.7 Å². The predicted octanol–water partition coefficient (Wildman–Crippen LogP) is 4.82. The number of benzene rings is 2. The summed E-state index contributed by atoms with van der Waals surface area (Å²) in [5, 5.41) is 7.85. The van der Waals surface area contributed by atoms with Crippen LogP contribution in [0.4, 0.5) is 17.3 Å². The largest absolute Gasteiger partial charge is 0.455 e. The first-order valence-electron chi connectivity index (χ1n) is 9.56. The summed E-state index contributed by atoms with van der Waals surface area (Å²) in [6.07, 6.45) is 2.32. The van der Waals surface area contributed by atoms with Crippen LogP contribution in [-0.2, 0) is 13.0 Å². The molecule has 2 aromatic carbocycles. The lowest BCUT2D eigenvalue weighted by molar-refractivity contribution is 0.0932. The van der Waals surface area contributed by atoms with Gasteiger partial charge in [-0.05, 0) is 48.4 Å². The molecule has 0 fully saturated rings. The molecule has 0 spiro atoms. The first kappa shape index (κ1) is 20.3. The molecule has 0 unspecified atom stereocenters. The van der Waals surface area contributed by atoms with Crippen LogP contribution in [-0.4, -0.2) is 29.2 Å². The minimum absolute atomic E-state index is 0.0661. The summed E-state index contributed by atoms with van der Waals surface area (Å²) in [7, 11) is 0. The van der Waals surface area contributed by atoms with Crippen molar-refractivity contribution in [1.29, 1.82) is 0 Å². The van der Waals surface area contributed by atoms with Gasteiger partial charge >= 0.3 is 0 Å². The molecule has 1 aromatic heterocycles. The summed E-state index contributed by atoms with van der Waals surface area (Å²) >= 11 is 18.9. The Morgan fingerprint density at radius 2 is 1.94 bits per heavy atom. The van der Waals surface area contributed by atoms with E-state index in [4.69, 9.17) is 39.5 Å². The van der Waals surface area contributed by atoms with Crippen molar-refractivity contribution >= 4 is 58.0 Å². The maximum absolute atomic E-state index is 13.0. The highest BCUT2D eigenvalue weighted by Crippen LogP contribution is 2.37. The Morgan fingerprint density at radius 3 is 2.74 bits per heavy atom. The zero-order valence-electron chi connectivity index (χ0n) is 16.1. The quantitative estimate of drug-likeness (QED) is 0.564. The molecule has 1 amide bonds. The molecular weight excluding hydrogens is 461 g/mol. The van der Waals surface area contributed by atoms with E-state index in [-0.39, 0.29) is 24.1 Å². The van der Waals surface area contributed by atoms with Gasteiger partial charge in [0.05, 0.1) is 15.7 Å². The molecule has 0 saturated heterocycles. The van der Waals surface area contributed by atoms with Crippen LogP contribution in [0.5, 0.6) is 5.88 Å². The average Bonchev–Trinajstić information content (AvgIpc) is 2.75. The zero-order valence-corrected chi connectivity index (χ0v) is 18.4. The standard InChI is InChI=1S/C21H16Cl3N5O2/c22-15-2-1-3-16(23)18(15)29-10-31-19-14(20(29)30)9-26-21(28-19)27-12-6-11-4-5-25-8-13(11)17(24)7-12/h1-3,6-7,9,25H,4-5,8,10H2,(H,26,27,28). The Hall–Kier alpha value is -2.58. The summed E-state index contributed by atoms with van der Waals surface area (Å²) < 4.78 is 5.73. The van der Waals surface area contributed by atoms with Crippen molar-refractivity contribution in [2.45, 2.75) is 13.0 Å². The van der Waals surface area contributed by atoms with E-state index in [0.717, 1.165) is 30.8 Å². The van der Waals surface area contributed by atoms with Crippen LogP contribution in [0.15, 0.2) is 36.5 Å². The fraction of sp³-hybridized carbons (Fsp3) is 0.190. The highest BCUT2D eigenvalue weighted by molar-refractivity contribution is 6.40. The van der Waals surface area contributed by atoms with Gasteiger partial charge in [-0.1, -0.05) is 40.9 Å². The van der Waals surface area contributed by atoms with Crippen molar-refractivity contribution in [2.24, 2.45) is 0 Å². The van der Waals surface area contributed by atoms with E-state index in [9.17, 15) is 4.79 Å². The van der Waals surface area contributed by atoms with Crippen LogP contribution in [0, 0.1) is 0 Å². The van der Waals surface area contributed by atoms with E-state index >= 15 is 0 Å².